The predicted molar refractivity (Wildman–Crippen MR) is 46.6 cm³/mol. The molecule has 0 radical (unpaired) electrons. The van der Waals surface area contributed by atoms with Crippen molar-refractivity contribution in [1.29, 1.82) is 0 Å². The van der Waals surface area contributed by atoms with Crippen LogP contribution in [0.2, 0.25) is 0 Å². The van der Waals surface area contributed by atoms with Crippen molar-refractivity contribution in [1.82, 2.24) is 4.98 Å². The number of hydrogen-bond acceptors (Lipinski definition) is 2. The van der Waals surface area contributed by atoms with Gasteiger partial charge in [0.1, 0.15) is 0 Å². The van der Waals surface area contributed by atoms with Gasteiger partial charge < -0.3 is 5.32 Å². The first kappa shape index (κ1) is 10.0. The van der Waals surface area contributed by atoms with Gasteiger partial charge in [0.15, 0.2) is 0 Å². The van der Waals surface area contributed by atoms with Crippen LogP contribution in [0, 0.1) is 0 Å². The quantitative estimate of drug-likeness (QED) is 0.873. The highest BCUT2D eigenvalue weighted by atomic mass is 79.9. The molecule has 1 amide bonds. The minimum Gasteiger partial charge on any atom is -0.320 e. The van der Waals surface area contributed by atoms with Crippen molar-refractivity contribution >= 4 is 27.5 Å². The third-order valence-corrected chi connectivity index (χ3v) is 1.60. The fraction of sp³-hybridized carbons (Fsp3) is 0.143. The van der Waals surface area contributed by atoms with Gasteiger partial charge in [0, 0.05) is 10.7 Å². The number of nitrogens with one attached hydrogen (secondary N) is 1. The standard InChI is InChI=1S/C7H5BrF2N2O/c8-4-1-5(3-11-2-4)12-7(13)6(9)10/h1-3,6H,(H,12,13). The van der Waals surface area contributed by atoms with E-state index in [1.54, 1.807) is 0 Å². The van der Waals surface area contributed by atoms with E-state index in [0.29, 0.717) is 4.47 Å². The molecule has 0 bridgehead atoms. The molecule has 1 N–H and O–H groups in total. The van der Waals surface area contributed by atoms with Gasteiger partial charge in [-0.1, -0.05) is 0 Å². The number of aromatic nitrogens is 1. The van der Waals surface area contributed by atoms with Crippen molar-refractivity contribution in [3.8, 4) is 0 Å². The van der Waals surface area contributed by atoms with E-state index in [0.717, 1.165) is 0 Å². The molecule has 0 aliphatic rings. The van der Waals surface area contributed by atoms with E-state index >= 15 is 0 Å². The van der Waals surface area contributed by atoms with E-state index in [1.165, 1.54) is 18.5 Å². The Morgan fingerprint density at radius 1 is 1.54 bits per heavy atom. The summed E-state index contributed by atoms with van der Waals surface area (Å²) in [5.74, 6) is -1.33. The van der Waals surface area contributed by atoms with Gasteiger partial charge in [-0.25, -0.2) is 0 Å². The number of pyridine rings is 1. The number of nitrogens with zero attached hydrogens (tertiary/aromatic N) is 1. The molecular formula is C7H5BrF2N2O. The fourth-order valence-electron chi connectivity index (χ4n) is 0.677. The molecule has 0 fully saturated rings. The number of amides is 1. The van der Waals surface area contributed by atoms with Crippen molar-refractivity contribution in [3.05, 3.63) is 22.9 Å². The number of carbonyl (C=O) groups is 1. The number of carbonyl (C=O) groups excluding carboxylic acids is 1. The summed E-state index contributed by atoms with van der Waals surface area (Å²) in [4.78, 5) is 14.2. The molecule has 1 rings (SSSR count). The van der Waals surface area contributed by atoms with E-state index in [-0.39, 0.29) is 5.69 Å². The van der Waals surface area contributed by atoms with E-state index in [4.69, 9.17) is 0 Å². The molecule has 1 aromatic heterocycles. The van der Waals surface area contributed by atoms with Gasteiger partial charge in [0.05, 0.1) is 11.9 Å². The maximum atomic E-state index is 11.8. The summed E-state index contributed by atoms with van der Waals surface area (Å²) in [6, 6.07) is 1.48. The van der Waals surface area contributed by atoms with Crippen molar-refractivity contribution in [3.63, 3.8) is 0 Å². The number of halogens is 3. The molecule has 0 aliphatic carbocycles. The van der Waals surface area contributed by atoms with Crippen LogP contribution in [0.25, 0.3) is 0 Å². The lowest BCUT2D eigenvalue weighted by molar-refractivity contribution is -0.126. The Morgan fingerprint density at radius 3 is 2.77 bits per heavy atom. The van der Waals surface area contributed by atoms with Crippen LogP contribution in [-0.2, 0) is 4.79 Å². The number of hydrogen-bond donors (Lipinski definition) is 1. The summed E-state index contributed by atoms with van der Waals surface area (Å²) in [6.45, 7) is 0. The maximum absolute atomic E-state index is 11.8. The summed E-state index contributed by atoms with van der Waals surface area (Å²) in [6.07, 6.45) is -0.248. The second-order valence-corrected chi connectivity index (χ2v) is 3.10. The van der Waals surface area contributed by atoms with E-state index in [2.05, 4.69) is 20.9 Å². The van der Waals surface area contributed by atoms with Crippen LogP contribution < -0.4 is 5.32 Å². The van der Waals surface area contributed by atoms with Crippen molar-refractivity contribution in [2.75, 3.05) is 5.32 Å². The summed E-state index contributed by atoms with van der Waals surface area (Å²) in [5.41, 5.74) is 0.236. The van der Waals surface area contributed by atoms with Crippen molar-refractivity contribution in [2.45, 2.75) is 6.43 Å². The smallest absolute Gasteiger partial charge is 0.315 e. The van der Waals surface area contributed by atoms with Crippen LogP contribution in [0.4, 0.5) is 14.5 Å². The Bertz CT molecular complexity index is 319. The second kappa shape index (κ2) is 4.27. The fourth-order valence-corrected chi connectivity index (χ4v) is 1.04. The van der Waals surface area contributed by atoms with E-state index in [9.17, 15) is 13.6 Å². The zero-order valence-electron chi connectivity index (χ0n) is 6.30. The molecule has 1 aromatic rings. The third-order valence-electron chi connectivity index (χ3n) is 1.17. The molecule has 0 saturated heterocycles. The highest BCUT2D eigenvalue weighted by Gasteiger charge is 2.14. The lowest BCUT2D eigenvalue weighted by Crippen LogP contribution is -2.20. The molecule has 0 unspecified atom stereocenters. The molecule has 0 aromatic carbocycles. The van der Waals surface area contributed by atoms with Gasteiger partial charge in [-0.3, -0.25) is 9.78 Å². The number of anilines is 1. The van der Waals surface area contributed by atoms with Gasteiger partial charge in [-0.05, 0) is 22.0 Å². The van der Waals surface area contributed by atoms with E-state index in [1.807, 2.05) is 5.32 Å². The van der Waals surface area contributed by atoms with Crippen LogP contribution in [0.15, 0.2) is 22.9 Å². The summed E-state index contributed by atoms with van der Waals surface area (Å²) < 4.78 is 24.2. The molecule has 13 heavy (non-hydrogen) atoms. The lowest BCUT2D eigenvalue weighted by atomic mass is 10.4. The van der Waals surface area contributed by atoms with Gasteiger partial charge in [0.2, 0.25) is 0 Å². The van der Waals surface area contributed by atoms with Crippen LogP contribution in [0.1, 0.15) is 0 Å². The Balaban J connectivity index is 2.69. The first-order valence-corrected chi connectivity index (χ1v) is 4.08. The molecule has 0 spiro atoms. The zero-order valence-corrected chi connectivity index (χ0v) is 7.88. The minimum absolute atomic E-state index is 0.236. The monoisotopic (exact) mass is 250 g/mol. The average Bonchev–Trinajstić information content (AvgIpc) is 2.04. The SMILES string of the molecule is O=C(Nc1cncc(Br)c1)C(F)F. The Hall–Kier alpha value is -1.04. The molecule has 1 heterocycles. The molecule has 0 atom stereocenters. The summed E-state index contributed by atoms with van der Waals surface area (Å²) in [5, 5.41) is 2.00. The van der Waals surface area contributed by atoms with Crippen LogP contribution in [0.5, 0.6) is 0 Å². The normalized spacial score (nSPS) is 10.2. The minimum atomic E-state index is -3.01. The lowest BCUT2D eigenvalue weighted by Gasteiger charge is -2.02. The first-order valence-electron chi connectivity index (χ1n) is 3.29. The third kappa shape index (κ3) is 3.06. The first-order chi connectivity index (χ1) is 6.09. The van der Waals surface area contributed by atoms with Crippen molar-refractivity contribution in [2.24, 2.45) is 0 Å². The topological polar surface area (TPSA) is 42.0 Å². The maximum Gasteiger partial charge on any atom is 0.315 e. The van der Waals surface area contributed by atoms with Crippen LogP contribution in [0.3, 0.4) is 0 Å². The van der Waals surface area contributed by atoms with Crippen molar-refractivity contribution < 1.29 is 13.6 Å². The molecule has 0 saturated carbocycles. The molecule has 0 aliphatic heterocycles. The molecular weight excluding hydrogens is 246 g/mol. The molecule has 6 heteroatoms. The van der Waals surface area contributed by atoms with Gasteiger partial charge in [0.25, 0.3) is 5.91 Å². The number of rotatable bonds is 2. The Morgan fingerprint density at radius 2 is 2.23 bits per heavy atom. The highest BCUT2D eigenvalue weighted by Crippen LogP contribution is 2.14. The van der Waals surface area contributed by atoms with Crippen LogP contribution >= 0.6 is 15.9 Å². The van der Waals surface area contributed by atoms with Gasteiger partial charge in [-0.2, -0.15) is 8.78 Å². The molecule has 70 valence electrons. The highest BCUT2D eigenvalue weighted by molar-refractivity contribution is 9.10. The Kier molecular flexibility index (Phi) is 3.30. The average molecular weight is 251 g/mol. The molecule has 3 nitrogen and oxygen atoms in total. The van der Waals surface area contributed by atoms with Gasteiger partial charge in [-0.15, -0.1) is 0 Å². The van der Waals surface area contributed by atoms with E-state index < -0.39 is 12.3 Å². The Labute approximate surface area is 81.3 Å². The van der Waals surface area contributed by atoms with Gasteiger partial charge >= 0.3 is 6.43 Å². The summed E-state index contributed by atoms with van der Waals surface area (Å²) >= 11 is 3.09. The summed E-state index contributed by atoms with van der Waals surface area (Å²) in [7, 11) is 0. The zero-order chi connectivity index (χ0) is 9.84. The van der Waals surface area contributed by atoms with Crippen LogP contribution in [-0.4, -0.2) is 17.3 Å². The number of alkyl halides is 2. The largest absolute Gasteiger partial charge is 0.320 e. The second-order valence-electron chi connectivity index (χ2n) is 2.18. The predicted octanol–water partition coefficient (Wildman–Crippen LogP) is 2.05.